The number of amides is 1. The number of thioether (sulfide) groups is 1. The Bertz CT molecular complexity index is 595. The van der Waals surface area contributed by atoms with Gasteiger partial charge in [-0.1, -0.05) is 29.4 Å². The van der Waals surface area contributed by atoms with Crippen LogP contribution in [0.25, 0.3) is 0 Å². The van der Waals surface area contributed by atoms with Crippen LogP contribution in [0.1, 0.15) is 12.5 Å². The zero-order chi connectivity index (χ0) is 16.3. The smallest absolute Gasteiger partial charge is 0.416 e. The first-order valence-corrected chi connectivity index (χ1v) is 7.56. The van der Waals surface area contributed by atoms with Crippen molar-refractivity contribution in [2.75, 3.05) is 11.5 Å². The molecule has 0 bridgehead atoms. The van der Waals surface area contributed by atoms with Gasteiger partial charge in [0.25, 0.3) is 0 Å². The van der Waals surface area contributed by atoms with Crippen LogP contribution in [-0.4, -0.2) is 18.2 Å². The van der Waals surface area contributed by atoms with Crippen LogP contribution in [0.2, 0.25) is 0 Å². The van der Waals surface area contributed by atoms with Gasteiger partial charge in [0, 0.05) is 11.1 Å². The van der Waals surface area contributed by atoms with E-state index in [1.54, 1.807) is 12.3 Å². The van der Waals surface area contributed by atoms with Crippen LogP contribution < -0.4 is 10.2 Å². The van der Waals surface area contributed by atoms with Crippen molar-refractivity contribution in [1.29, 1.82) is 0 Å². The molecule has 0 saturated carbocycles. The van der Waals surface area contributed by atoms with Crippen LogP contribution in [0.5, 0.6) is 0 Å². The molecule has 0 aromatic heterocycles. The minimum absolute atomic E-state index is 0.188. The van der Waals surface area contributed by atoms with Crippen molar-refractivity contribution < 1.29 is 22.7 Å². The summed E-state index contributed by atoms with van der Waals surface area (Å²) in [7, 11) is 0. The number of benzene rings is 1. The molecule has 22 heavy (non-hydrogen) atoms. The van der Waals surface area contributed by atoms with E-state index in [0.29, 0.717) is 0 Å². The number of carbonyl (C=O) groups excluding carboxylic acids is 1. The van der Waals surface area contributed by atoms with Gasteiger partial charge in [0.15, 0.2) is 5.50 Å². The number of ether oxygens (including phenoxy) is 1. The first-order chi connectivity index (χ1) is 10.3. The van der Waals surface area contributed by atoms with Crippen LogP contribution in [0.4, 0.5) is 23.7 Å². The third-order valence-corrected chi connectivity index (χ3v) is 4.09. The molecule has 4 nitrogen and oxygen atoms in total. The van der Waals surface area contributed by atoms with Gasteiger partial charge in [0.2, 0.25) is 0 Å². The Morgan fingerprint density at radius 3 is 2.86 bits per heavy atom. The maximum atomic E-state index is 12.8. The Hall–Kier alpha value is -1.54. The molecule has 1 aliphatic heterocycles. The molecule has 1 unspecified atom stereocenters. The normalized spacial score (nSPS) is 18.1. The van der Waals surface area contributed by atoms with E-state index in [1.165, 1.54) is 17.0 Å². The number of halogens is 4. The molecule has 1 amide bonds. The van der Waals surface area contributed by atoms with E-state index < -0.39 is 23.3 Å². The molecule has 0 aliphatic carbocycles. The van der Waals surface area contributed by atoms with Gasteiger partial charge in [-0.15, -0.1) is 0 Å². The Morgan fingerprint density at radius 1 is 1.50 bits per heavy atom. The lowest BCUT2D eigenvalue weighted by Gasteiger charge is -2.27. The summed E-state index contributed by atoms with van der Waals surface area (Å²) in [5, 5.41) is 4.28. The summed E-state index contributed by atoms with van der Waals surface area (Å²) < 4.78 is 43.2. The van der Waals surface area contributed by atoms with Crippen LogP contribution in [0, 0.1) is 0 Å². The highest BCUT2D eigenvalue weighted by molar-refractivity contribution is 8.03. The highest BCUT2D eigenvalue weighted by Gasteiger charge is 2.33. The van der Waals surface area contributed by atoms with Crippen molar-refractivity contribution >= 4 is 35.1 Å². The molecular formula is C13H12ClF3N2O2S. The summed E-state index contributed by atoms with van der Waals surface area (Å²) in [6.07, 6.45) is -5.12. The first kappa shape index (κ1) is 16.8. The number of carbonyl (C=O) groups is 1. The summed E-state index contributed by atoms with van der Waals surface area (Å²) in [5.74, 6) is 0. The molecule has 1 heterocycles. The Balaban J connectivity index is 2.24. The molecule has 0 spiro atoms. The molecule has 1 aromatic rings. The number of alkyl carbamates (subject to hydrolysis) is 1. The molecule has 0 radical (unpaired) electrons. The Labute approximate surface area is 134 Å². The van der Waals surface area contributed by atoms with Crippen molar-refractivity contribution in [2.45, 2.75) is 18.6 Å². The molecule has 2 rings (SSSR count). The van der Waals surface area contributed by atoms with Gasteiger partial charge in [0.05, 0.1) is 12.2 Å². The van der Waals surface area contributed by atoms with Gasteiger partial charge in [-0.3, -0.25) is 5.32 Å². The minimum atomic E-state index is -4.46. The number of nitrogens with zero attached hydrogens (tertiary/aromatic N) is 1. The zero-order valence-electron chi connectivity index (χ0n) is 11.4. The fourth-order valence-electron chi connectivity index (χ4n) is 1.81. The average Bonchev–Trinajstić information content (AvgIpc) is 2.79. The van der Waals surface area contributed by atoms with Crippen LogP contribution in [0.3, 0.4) is 0 Å². The second-order valence-corrected chi connectivity index (χ2v) is 5.55. The average molecular weight is 353 g/mol. The summed E-state index contributed by atoms with van der Waals surface area (Å²) in [5.41, 5.74) is -1.24. The van der Waals surface area contributed by atoms with E-state index in [-0.39, 0.29) is 17.5 Å². The van der Waals surface area contributed by atoms with Crippen LogP contribution in [-0.2, 0) is 10.9 Å². The lowest BCUT2D eigenvalue weighted by molar-refractivity contribution is -0.137. The van der Waals surface area contributed by atoms with Gasteiger partial charge in [-0.05, 0) is 25.1 Å². The van der Waals surface area contributed by atoms with E-state index in [0.717, 1.165) is 23.9 Å². The Morgan fingerprint density at radius 2 is 2.23 bits per heavy atom. The number of anilines is 1. The van der Waals surface area contributed by atoms with E-state index >= 15 is 0 Å². The van der Waals surface area contributed by atoms with E-state index in [4.69, 9.17) is 16.3 Å². The van der Waals surface area contributed by atoms with Crippen molar-refractivity contribution in [3.8, 4) is 0 Å². The van der Waals surface area contributed by atoms with E-state index in [2.05, 4.69) is 5.32 Å². The highest BCUT2D eigenvalue weighted by atomic mass is 35.5. The maximum Gasteiger partial charge on any atom is 0.416 e. The molecule has 0 fully saturated rings. The zero-order valence-corrected chi connectivity index (χ0v) is 12.9. The standard InChI is InChI=1S/C13H12ClF3N2O2S/c1-2-21-12(20)18-11-19(10(14)7-22-11)9-5-3-4-8(6-9)13(15,16)17/h3-7,11H,2H2,1H3,(H,18,20). The summed E-state index contributed by atoms with van der Waals surface area (Å²) in [4.78, 5) is 12.9. The van der Waals surface area contributed by atoms with Gasteiger partial charge >= 0.3 is 12.3 Å². The molecule has 9 heteroatoms. The fourth-order valence-corrected chi connectivity index (χ4v) is 3.10. The van der Waals surface area contributed by atoms with Gasteiger partial charge in [-0.2, -0.15) is 13.2 Å². The number of hydrogen-bond acceptors (Lipinski definition) is 4. The predicted molar refractivity (Wildman–Crippen MR) is 79.4 cm³/mol. The van der Waals surface area contributed by atoms with Gasteiger partial charge in [0.1, 0.15) is 5.16 Å². The summed E-state index contributed by atoms with van der Waals surface area (Å²) in [6.45, 7) is 1.84. The minimum Gasteiger partial charge on any atom is -0.450 e. The topological polar surface area (TPSA) is 41.6 Å². The monoisotopic (exact) mass is 352 g/mol. The van der Waals surface area contributed by atoms with E-state index in [9.17, 15) is 18.0 Å². The SMILES string of the molecule is CCOC(=O)NC1SC=C(Cl)N1c1cccc(C(F)(F)F)c1. The van der Waals surface area contributed by atoms with Crippen molar-refractivity contribution in [2.24, 2.45) is 0 Å². The summed E-state index contributed by atoms with van der Waals surface area (Å²) >= 11 is 7.19. The van der Waals surface area contributed by atoms with Gasteiger partial charge < -0.3 is 9.64 Å². The molecule has 1 atom stereocenters. The fraction of sp³-hybridized carbons (Fsp3) is 0.308. The summed E-state index contributed by atoms with van der Waals surface area (Å²) in [6, 6.07) is 4.71. The molecule has 1 N–H and O–H groups in total. The molecule has 1 aliphatic rings. The number of nitrogens with one attached hydrogen (secondary N) is 1. The van der Waals surface area contributed by atoms with Gasteiger partial charge in [-0.25, -0.2) is 4.79 Å². The van der Waals surface area contributed by atoms with Crippen molar-refractivity contribution in [3.05, 3.63) is 40.4 Å². The maximum absolute atomic E-state index is 12.8. The predicted octanol–water partition coefficient (Wildman–Crippen LogP) is 4.33. The quantitative estimate of drug-likeness (QED) is 0.822. The lowest BCUT2D eigenvalue weighted by atomic mass is 10.2. The third kappa shape index (κ3) is 3.80. The molecule has 0 saturated heterocycles. The molecule has 1 aromatic carbocycles. The van der Waals surface area contributed by atoms with Crippen LogP contribution in [0.15, 0.2) is 34.8 Å². The van der Waals surface area contributed by atoms with Crippen LogP contribution >= 0.6 is 23.4 Å². The molecular weight excluding hydrogens is 341 g/mol. The van der Waals surface area contributed by atoms with Crippen molar-refractivity contribution in [3.63, 3.8) is 0 Å². The van der Waals surface area contributed by atoms with E-state index in [1.807, 2.05) is 0 Å². The highest BCUT2D eigenvalue weighted by Crippen LogP contribution is 2.38. The number of hydrogen-bond donors (Lipinski definition) is 1. The van der Waals surface area contributed by atoms with Crippen molar-refractivity contribution in [1.82, 2.24) is 5.32 Å². The third-order valence-electron chi connectivity index (χ3n) is 2.73. The Kier molecular flexibility index (Phi) is 5.12. The number of alkyl halides is 3. The largest absolute Gasteiger partial charge is 0.450 e. The second kappa shape index (κ2) is 6.70. The molecule has 120 valence electrons. The second-order valence-electron chi connectivity index (χ2n) is 4.21. The lowest BCUT2D eigenvalue weighted by Crippen LogP contribution is -2.43. The first-order valence-electron chi connectivity index (χ1n) is 6.24. The number of rotatable bonds is 3.